The van der Waals surface area contributed by atoms with E-state index in [4.69, 9.17) is 19.8 Å². The summed E-state index contributed by atoms with van der Waals surface area (Å²) in [7, 11) is -0.776. The molecular weight excluding hydrogens is 442 g/mol. The molecule has 25 heavy (non-hydrogen) atoms. The molecule has 0 saturated carbocycles. The maximum Gasteiger partial charge on any atom is 0.495 e. The van der Waals surface area contributed by atoms with Crippen molar-refractivity contribution in [2.75, 3.05) is 13.2 Å². The molecule has 0 aliphatic carbocycles. The topological polar surface area (TPSA) is 114 Å². The Balaban J connectivity index is 2.59. The van der Waals surface area contributed by atoms with Gasteiger partial charge in [-0.2, -0.15) is 0 Å². The molecule has 0 spiro atoms. The summed E-state index contributed by atoms with van der Waals surface area (Å²) in [6, 6.07) is 1.62. The van der Waals surface area contributed by atoms with E-state index in [9.17, 15) is 13.2 Å². The Morgan fingerprint density at radius 2 is 1.88 bits per heavy atom. The fraction of sp³-hybridized carbons (Fsp3) is 0.600. The number of rotatable bonds is 6. The first-order valence-electron chi connectivity index (χ1n) is 7.83. The van der Waals surface area contributed by atoms with Crippen molar-refractivity contribution in [3.8, 4) is 5.75 Å². The lowest BCUT2D eigenvalue weighted by atomic mass is 9.75. The molecule has 0 bridgehead atoms. The van der Waals surface area contributed by atoms with Gasteiger partial charge in [-0.1, -0.05) is 0 Å². The Bertz CT molecular complexity index is 694. The predicted molar refractivity (Wildman–Crippen MR) is 102 cm³/mol. The van der Waals surface area contributed by atoms with Crippen LogP contribution in [0, 0.1) is 20.6 Å². The summed E-state index contributed by atoms with van der Waals surface area (Å²) < 4.78 is 29.4. The predicted octanol–water partition coefficient (Wildman–Crippen LogP) is 2.03. The highest BCUT2D eigenvalue weighted by molar-refractivity contribution is 14.1. The summed E-state index contributed by atoms with van der Waals surface area (Å²) in [6.45, 7) is 9.51. The van der Waals surface area contributed by atoms with Gasteiger partial charge in [0.15, 0.2) is 21.2 Å². The Kier molecular flexibility index (Phi) is 5.86. The zero-order chi connectivity index (χ0) is 19.0. The summed E-state index contributed by atoms with van der Waals surface area (Å²) in [5, 5.41) is 11.6. The van der Waals surface area contributed by atoms with E-state index in [1.807, 2.05) is 27.7 Å². The minimum Gasteiger partial charge on any atom is -0.485 e. The third kappa shape index (κ3) is 3.71. The molecule has 0 unspecified atom stereocenters. The zero-order valence-electron chi connectivity index (χ0n) is 14.9. The van der Waals surface area contributed by atoms with E-state index in [-0.39, 0.29) is 24.6 Å². The lowest BCUT2D eigenvalue weighted by Crippen LogP contribution is -2.41. The standard InChI is InChI=1S/C15H22BIN2O6/c1-9-10(16-24-14(2,3)15(4,5)25-16)8-11(17-20)13(23-7-6-18)12(9)19(21)22/h8H,6-7,18H2,1-5H3. The van der Waals surface area contributed by atoms with Crippen molar-refractivity contribution in [1.82, 2.24) is 0 Å². The number of nitrogens with zero attached hydrogens (tertiary/aromatic N) is 1. The number of halogens is 1. The lowest BCUT2D eigenvalue weighted by Gasteiger charge is -2.32. The molecule has 2 rings (SSSR count). The number of hydrogen-bond donors (Lipinski definition) is 1. The van der Waals surface area contributed by atoms with Gasteiger partial charge in [-0.3, -0.25) is 13.2 Å². The van der Waals surface area contributed by atoms with Gasteiger partial charge in [-0.05, 0) is 46.1 Å². The van der Waals surface area contributed by atoms with Crippen molar-refractivity contribution in [3.63, 3.8) is 0 Å². The molecule has 1 aliphatic rings. The van der Waals surface area contributed by atoms with Crippen molar-refractivity contribution < 1.29 is 22.0 Å². The molecule has 138 valence electrons. The third-order valence-corrected chi connectivity index (χ3v) is 5.92. The Labute approximate surface area is 157 Å². The van der Waals surface area contributed by atoms with Crippen molar-refractivity contribution in [3.05, 3.63) is 25.3 Å². The molecule has 1 aliphatic heterocycles. The largest absolute Gasteiger partial charge is 0.495 e. The molecule has 0 atom stereocenters. The summed E-state index contributed by atoms with van der Waals surface area (Å²) in [6.07, 6.45) is 0. The zero-order valence-corrected chi connectivity index (χ0v) is 17.1. The minimum atomic E-state index is -1.70. The number of ether oxygens (including phenoxy) is 1. The first kappa shape index (κ1) is 20.2. The van der Waals surface area contributed by atoms with Gasteiger partial charge in [0.2, 0.25) is 5.75 Å². The van der Waals surface area contributed by atoms with E-state index in [0.717, 1.165) is 0 Å². The highest BCUT2D eigenvalue weighted by atomic mass is 127. The van der Waals surface area contributed by atoms with Crippen LogP contribution in [-0.2, 0) is 12.4 Å². The third-order valence-electron chi connectivity index (χ3n) is 4.64. The average molecular weight is 464 g/mol. The van der Waals surface area contributed by atoms with Crippen LogP contribution >= 0.6 is 21.2 Å². The Hall–Kier alpha value is -1.11. The number of benzene rings is 1. The van der Waals surface area contributed by atoms with Crippen LogP contribution in [0.1, 0.15) is 33.3 Å². The second-order valence-corrected chi connectivity index (χ2v) is 8.41. The lowest BCUT2D eigenvalue weighted by molar-refractivity contribution is -0.386. The second-order valence-electron chi connectivity index (χ2n) is 6.81. The molecule has 1 aromatic rings. The van der Waals surface area contributed by atoms with Crippen LogP contribution in [0.3, 0.4) is 0 Å². The number of hydrogen-bond acceptors (Lipinski definition) is 7. The number of nitro groups is 1. The first-order valence-corrected chi connectivity index (χ1v) is 9.79. The highest BCUT2D eigenvalue weighted by Crippen LogP contribution is 2.40. The Morgan fingerprint density at radius 1 is 1.32 bits per heavy atom. The van der Waals surface area contributed by atoms with Crippen molar-refractivity contribution in [2.24, 2.45) is 5.73 Å². The summed E-state index contributed by atoms with van der Waals surface area (Å²) >= 11 is -1.70. The van der Waals surface area contributed by atoms with Gasteiger partial charge in [-0.15, -0.1) is 0 Å². The van der Waals surface area contributed by atoms with E-state index in [1.54, 1.807) is 13.0 Å². The summed E-state index contributed by atoms with van der Waals surface area (Å²) in [5.41, 5.74) is 4.90. The molecule has 1 aromatic carbocycles. The summed E-state index contributed by atoms with van der Waals surface area (Å²) in [4.78, 5) is 11.1. The van der Waals surface area contributed by atoms with Gasteiger partial charge in [0.25, 0.3) is 0 Å². The molecule has 0 aromatic heterocycles. The maximum absolute atomic E-state index is 11.7. The monoisotopic (exact) mass is 464 g/mol. The van der Waals surface area contributed by atoms with Crippen molar-refractivity contribution in [1.29, 1.82) is 0 Å². The van der Waals surface area contributed by atoms with E-state index in [1.165, 1.54) is 0 Å². The van der Waals surface area contributed by atoms with Crippen LogP contribution in [0.4, 0.5) is 5.69 Å². The molecule has 1 fully saturated rings. The van der Waals surface area contributed by atoms with Crippen LogP contribution in [0.15, 0.2) is 6.07 Å². The molecule has 0 radical (unpaired) electrons. The number of nitrogens with two attached hydrogens (primary N) is 1. The molecule has 8 nitrogen and oxygen atoms in total. The highest BCUT2D eigenvalue weighted by Gasteiger charge is 2.52. The molecular formula is C15H22BIN2O6. The van der Waals surface area contributed by atoms with Gasteiger partial charge < -0.3 is 19.8 Å². The van der Waals surface area contributed by atoms with Gasteiger partial charge in [0, 0.05) is 12.1 Å². The first-order chi connectivity index (χ1) is 11.6. The molecule has 2 N–H and O–H groups in total. The van der Waals surface area contributed by atoms with Crippen molar-refractivity contribution in [2.45, 2.75) is 45.8 Å². The summed E-state index contributed by atoms with van der Waals surface area (Å²) in [5.74, 6) is 0.0241. The fourth-order valence-corrected chi connectivity index (χ4v) is 3.59. The molecule has 1 saturated heterocycles. The fourth-order valence-electron chi connectivity index (χ4n) is 2.52. The van der Waals surface area contributed by atoms with Gasteiger partial charge in [0.1, 0.15) is 6.61 Å². The molecule has 1 heterocycles. The van der Waals surface area contributed by atoms with E-state index in [0.29, 0.717) is 14.6 Å². The van der Waals surface area contributed by atoms with Crippen LogP contribution in [0.5, 0.6) is 5.75 Å². The number of nitro benzene ring substituents is 1. The van der Waals surface area contributed by atoms with E-state index in [2.05, 4.69) is 0 Å². The minimum absolute atomic E-state index is 0.0241. The SMILES string of the molecule is Cc1c(B2OC(C)(C)C(C)(C)O2)cc(I=O)c(OCCN)c1[N+](=O)[O-]. The van der Waals surface area contributed by atoms with Crippen LogP contribution < -0.4 is 15.9 Å². The normalized spacial score (nSPS) is 18.4. The van der Waals surface area contributed by atoms with E-state index >= 15 is 0 Å². The average Bonchev–Trinajstić information content (AvgIpc) is 2.72. The maximum atomic E-state index is 11.7. The van der Waals surface area contributed by atoms with Gasteiger partial charge >= 0.3 is 12.8 Å². The van der Waals surface area contributed by atoms with E-state index < -0.39 is 44.4 Å². The quantitative estimate of drug-likeness (QED) is 0.297. The van der Waals surface area contributed by atoms with Gasteiger partial charge in [-0.25, -0.2) is 0 Å². The van der Waals surface area contributed by atoms with Crippen LogP contribution in [0.2, 0.25) is 0 Å². The van der Waals surface area contributed by atoms with Crippen LogP contribution in [0.25, 0.3) is 0 Å². The Morgan fingerprint density at radius 3 is 2.32 bits per heavy atom. The second kappa shape index (κ2) is 7.26. The molecule has 0 amide bonds. The molecule has 10 heteroatoms. The van der Waals surface area contributed by atoms with Gasteiger partial charge in [0.05, 0.1) is 19.7 Å². The van der Waals surface area contributed by atoms with Crippen LogP contribution in [-0.4, -0.2) is 36.4 Å². The van der Waals surface area contributed by atoms with Crippen molar-refractivity contribution >= 4 is 39.5 Å². The smallest absolute Gasteiger partial charge is 0.485 e.